The number of carbonyl (C=O) groups is 2. The summed E-state index contributed by atoms with van der Waals surface area (Å²) in [6, 6.07) is 31.0. The van der Waals surface area contributed by atoms with Gasteiger partial charge in [0.2, 0.25) is 5.91 Å². The van der Waals surface area contributed by atoms with Crippen LogP contribution < -0.4 is 5.32 Å². The first-order valence-corrected chi connectivity index (χ1v) is 11.9. The Bertz CT molecular complexity index is 1560. The number of nitrogens with one attached hydrogen (secondary N) is 2. The van der Waals surface area contributed by atoms with Crippen molar-refractivity contribution in [3.8, 4) is 11.3 Å². The number of carbonyl (C=O) groups excluding carboxylic acids is 2. The lowest BCUT2D eigenvalue weighted by Crippen LogP contribution is -2.39. The van der Waals surface area contributed by atoms with Crippen molar-refractivity contribution in [1.29, 1.82) is 0 Å². The molecule has 1 unspecified atom stereocenters. The van der Waals surface area contributed by atoms with E-state index in [2.05, 4.69) is 33.5 Å². The molecule has 0 aliphatic carbocycles. The van der Waals surface area contributed by atoms with Crippen LogP contribution >= 0.6 is 0 Å². The van der Waals surface area contributed by atoms with Crippen LogP contribution in [0, 0.1) is 0 Å². The summed E-state index contributed by atoms with van der Waals surface area (Å²) >= 11 is 0. The molecule has 0 radical (unpaired) electrons. The van der Waals surface area contributed by atoms with Gasteiger partial charge in [-0.1, -0.05) is 72.8 Å². The van der Waals surface area contributed by atoms with E-state index in [1.54, 1.807) is 11.1 Å². The van der Waals surface area contributed by atoms with Crippen molar-refractivity contribution < 1.29 is 9.59 Å². The highest BCUT2D eigenvalue weighted by atomic mass is 16.2. The fourth-order valence-corrected chi connectivity index (χ4v) is 5.03. The zero-order valence-electron chi connectivity index (χ0n) is 19.5. The first-order valence-electron chi connectivity index (χ1n) is 11.9. The number of aromatic amines is 1. The van der Waals surface area contributed by atoms with E-state index in [0.29, 0.717) is 12.1 Å². The van der Waals surface area contributed by atoms with Crippen LogP contribution in [0.5, 0.6) is 0 Å². The first kappa shape index (κ1) is 21.8. The molecule has 1 aliphatic rings. The Balaban J connectivity index is 1.43. The minimum Gasteiger partial charge on any atom is -0.354 e. The summed E-state index contributed by atoms with van der Waals surface area (Å²) in [4.78, 5) is 36.2. The van der Waals surface area contributed by atoms with E-state index in [1.165, 1.54) is 0 Å². The highest BCUT2D eigenvalue weighted by Gasteiger charge is 2.40. The molecule has 2 amide bonds. The predicted octanol–water partition coefficient (Wildman–Crippen LogP) is 5.09. The van der Waals surface area contributed by atoms with E-state index in [9.17, 15) is 9.59 Å². The molecular formula is C30H24N4O2. The molecule has 2 N–H and O–H groups in total. The van der Waals surface area contributed by atoms with E-state index in [1.807, 2.05) is 78.9 Å². The molecule has 5 aromatic rings. The molecule has 0 bridgehead atoms. The van der Waals surface area contributed by atoms with Crippen molar-refractivity contribution in [2.45, 2.75) is 12.6 Å². The maximum atomic E-state index is 13.6. The molecule has 0 saturated carbocycles. The van der Waals surface area contributed by atoms with Gasteiger partial charge in [0.25, 0.3) is 5.91 Å². The van der Waals surface area contributed by atoms with Crippen LogP contribution in [-0.4, -0.2) is 33.2 Å². The van der Waals surface area contributed by atoms with Gasteiger partial charge in [-0.15, -0.1) is 0 Å². The molecule has 6 rings (SSSR count). The highest BCUT2D eigenvalue weighted by Crippen LogP contribution is 2.45. The van der Waals surface area contributed by atoms with Crippen LogP contribution in [0.15, 0.2) is 103 Å². The number of pyridine rings is 1. The van der Waals surface area contributed by atoms with E-state index < -0.39 is 6.04 Å². The molecule has 176 valence electrons. The van der Waals surface area contributed by atoms with Gasteiger partial charge in [-0.3, -0.25) is 14.6 Å². The van der Waals surface area contributed by atoms with Gasteiger partial charge in [-0.05, 0) is 35.4 Å². The fraction of sp³-hybridized carbons (Fsp3) is 0.100. The maximum Gasteiger partial charge on any atom is 0.255 e. The molecule has 3 aromatic carbocycles. The lowest BCUT2D eigenvalue weighted by Gasteiger charge is -2.26. The quantitative estimate of drug-likeness (QED) is 0.361. The number of benzene rings is 3. The first-order chi connectivity index (χ1) is 17.7. The van der Waals surface area contributed by atoms with E-state index >= 15 is 0 Å². The Hall–Kier alpha value is -4.71. The predicted molar refractivity (Wildman–Crippen MR) is 139 cm³/mol. The third-order valence-corrected chi connectivity index (χ3v) is 6.65. The van der Waals surface area contributed by atoms with E-state index in [0.717, 1.165) is 39.0 Å². The van der Waals surface area contributed by atoms with E-state index in [-0.39, 0.29) is 18.4 Å². The van der Waals surface area contributed by atoms with Gasteiger partial charge in [0.15, 0.2) is 0 Å². The van der Waals surface area contributed by atoms with Crippen molar-refractivity contribution in [3.05, 3.63) is 126 Å². The molecule has 0 saturated heterocycles. The van der Waals surface area contributed by atoms with Gasteiger partial charge in [-0.25, -0.2) is 0 Å². The van der Waals surface area contributed by atoms with Crippen LogP contribution in [0.4, 0.5) is 0 Å². The van der Waals surface area contributed by atoms with Crippen molar-refractivity contribution in [2.24, 2.45) is 0 Å². The number of hydrogen-bond acceptors (Lipinski definition) is 3. The average molecular weight is 473 g/mol. The molecule has 36 heavy (non-hydrogen) atoms. The number of rotatable bonds is 6. The molecule has 1 aliphatic heterocycles. The lowest BCUT2D eigenvalue weighted by atomic mass is 9.93. The van der Waals surface area contributed by atoms with Crippen molar-refractivity contribution in [3.63, 3.8) is 0 Å². The van der Waals surface area contributed by atoms with Crippen molar-refractivity contribution in [1.82, 2.24) is 20.2 Å². The Morgan fingerprint density at radius 2 is 1.64 bits per heavy atom. The smallest absolute Gasteiger partial charge is 0.255 e. The Morgan fingerprint density at radius 3 is 2.47 bits per heavy atom. The number of aromatic nitrogens is 2. The van der Waals surface area contributed by atoms with Gasteiger partial charge in [-0.2, -0.15) is 0 Å². The van der Waals surface area contributed by atoms with Crippen LogP contribution in [-0.2, 0) is 11.3 Å². The maximum absolute atomic E-state index is 13.6. The molecule has 3 heterocycles. The summed E-state index contributed by atoms with van der Waals surface area (Å²) in [5.74, 6) is -0.374. The molecule has 6 heteroatoms. The second-order valence-electron chi connectivity index (χ2n) is 8.85. The molecule has 0 fully saturated rings. The van der Waals surface area contributed by atoms with Crippen LogP contribution in [0.1, 0.15) is 33.2 Å². The lowest BCUT2D eigenvalue weighted by molar-refractivity contribution is -0.122. The van der Waals surface area contributed by atoms with Gasteiger partial charge in [0, 0.05) is 28.2 Å². The summed E-state index contributed by atoms with van der Waals surface area (Å²) in [6.07, 6.45) is 1.69. The summed E-state index contributed by atoms with van der Waals surface area (Å²) < 4.78 is 0. The topological polar surface area (TPSA) is 78.1 Å². The summed E-state index contributed by atoms with van der Waals surface area (Å²) in [7, 11) is 0. The average Bonchev–Trinajstić information content (AvgIpc) is 3.44. The second-order valence-corrected chi connectivity index (χ2v) is 8.85. The summed E-state index contributed by atoms with van der Waals surface area (Å²) in [5.41, 5.74) is 6.26. The highest BCUT2D eigenvalue weighted by molar-refractivity contribution is 6.03. The number of H-pyrrole nitrogens is 1. The number of para-hydroxylation sites is 1. The van der Waals surface area contributed by atoms with Crippen molar-refractivity contribution >= 4 is 22.7 Å². The largest absolute Gasteiger partial charge is 0.354 e. The molecule has 1 atom stereocenters. The van der Waals surface area contributed by atoms with Gasteiger partial charge in [0.05, 0.1) is 24.0 Å². The standard InChI is InChI=1S/C30H24N4O2/c35-26(32-18-21-12-8-9-17-31-21)19-34-29(22-13-4-5-14-23(22)30(34)36)27-24-15-6-7-16-25(24)33-28(27)20-10-2-1-3-11-20/h1-17,29,33H,18-19H2,(H,32,35). The number of fused-ring (bicyclic) bond motifs is 2. The molecule has 6 nitrogen and oxygen atoms in total. The van der Waals surface area contributed by atoms with Gasteiger partial charge in [0.1, 0.15) is 6.54 Å². The molecule has 2 aromatic heterocycles. The molecule has 0 spiro atoms. The minimum atomic E-state index is -0.402. The Morgan fingerprint density at radius 1 is 0.889 bits per heavy atom. The van der Waals surface area contributed by atoms with Crippen molar-refractivity contribution in [2.75, 3.05) is 6.54 Å². The molecular weight excluding hydrogens is 448 g/mol. The zero-order valence-corrected chi connectivity index (χ0v) is 19.5. The van der Waals surface area contributed by atoms with Crippen LogP contribution in [0.2, 0.25) is 0 Å². The van der Waals surface area contributed by atoms with Gasteiger partial charge >= 0.3 is 0 Å². The number of amides is 2. The third-order valence-electron chi connectivity index (χ3n) is 6.65. The zero-order chi connectivity index (χ0) is 24.5. The summed E-state index contributed by atoms with van der Waals surface area (Å²) in [5, 5.41) is 3.95. The van der Waals surface area contributed by atoms with E-state index in [4.69, 9.17) is 0 Å². The van der Waals surface area contributed by atoms with Crippen LogP contribution in [0.25, 0.3) is 22.2 Å². The Labute approximate surface area is 208 Å². The normalized spacial score (nSPS) is 14.7. The number of nitrogens with zero attached hydrogens (tertiary/aromatic N) is 2. The SMILES string of the molecule is O=C(CN1C(=O)c2ccccc2C1c1c(-c2ccccc2)[nH]c2ccccc12)NCc1ccccn1. The second kappa shape index (κ2) is 9.15. The third kappa shape index (κ3) is 3.82. The van der Waals surface area contributed by atoms with Crippen LogP contribution in [0.3, 0.4) is 0 Å². The summed E-state index contributed by atoms with van der Waals surface area (Å²) in [6.45, 7) is 0.250. The fourth-order valence-electron chi connectivity index (χ4n) is 5.03. The minimum absolute atomic E-state index is 0.0568. The monoisotopic (exact) mass is 472 g/mol. The van der Waals surface area contributed by atoms with Gasteiger partial charge < -0.3 is 15.2 Å². The Kier molecular flexibility index (Phi) is 5.54. The number of hydrogen-bond donors (Lipinski definition) is 2.